The van der Waals surface area contributed by atoms with Gasteiger partial charge in [-0.05, 0) is 30.2 Å². The van der Waals surface area contributed by atoms with E-state index in [1.165, 1.54) is 29.4 Å². The number of benzene rings is 2. The molecule has 3 rings (SSSR count). The van der Waals surface area contributed by atoms with Gasteiger partial charge in [-0.15, -0.1) is 0 Å². The van der Waals surface area contributed by atoms with Crippen molar-refractivity contribution in [3.05, 3.63) is 59.1 Å². The quantitative estimate of drug-likeness (QED) is 0.613. The second-order valence-corrected chi connectivity index (χ2v) is 9.85. The molecule has 1 aliphatic rings. The van der Waals surface area contributed by atoms with Crippen LogP contribution in [-0.2, 0) is 31.0 Å². The van der Waals surface area contributed by atoms with Crippen LogP contribution in [0.3, 0.4) is 0 Å². The Morgan fingerprint density at radius 2 is 1.81 bits per heavy atom. The van der Waals surface area contributed by atoms with Crippen LogP contribution in [0.5, 0.6) is 0 Å². The Morgan fingerprint density at radius 1 is 1.06 bits per heavy atom. The van der Waals surface area contributed by atoms with Gasteiger partial charge in [0.25, 0.3) is 0 Å². The van der Waals surface area contributed by atoms with E-state index in [0.29, 0.717) is 31.7 Å². The Labute approximate surface area is 193 Å². The molecule has 1 saturated heterocycles. The summed E-state index contributed by atoms with van der Waals surface area (Å²) in [5, 5.41) is 2.71. The summed E-state index contributed by atoms with van der Waals surface area (Å²) in [6.45, 7) is 3.26. The van der Waals surface area contributed by atoms with Crippen molar-refractivity contribution >= 4 is 39.2 Å². The number of nitrogens with one attached hydrogen (secondary N) is 1. The molecule has 1 N–H and O–H groups in total. The smallest absolute Gasteiger partial charge is 0.320 e. The van der Waals surface area contributed by atoms with Gasteiger partial charge in [0.1, 0.15) is 6.61 Å². The average molecular weight is 480 g/mol. The van der Waals surface area contributed by atoms with Gasteiger partial charge in [0, 0.05) is 33.1 Å². The van der Waals surface area contributed by atoms with Gasteiger partial charge in [0.05, 0.1) is 22.2 Å². The molecule has 0 aliphatic carbocycles. The van der Waals surface area contributed by atoms with E-state index in [-0.39, 0.29) is 41.5 Å². The van der Waals surface area contributed by atoms with Crippen molar-refractivity contribution in [2.75, 3.05) is 38.0 Å². The van der Waals surface area contributed by atoms with Crippen molar-refractivity contribution in [1.29, 1.82) is 0 Å². The first-order valence-corrected chi connectivity index (χ1v) is 12.1. The summed E-state index contributed by atoms with van der Waals surface area (Å²) >= 11 is 6.15. The predicted octanol–water partition coefficient (Wildman–Crippen LogP) is 2.74. The largest absolute Gasteiger partial charge is 0.460 e. The van der Waals surface area contributed by atoms with Crippen LogP contribution >= 0.6 is 11.6 Å². The molecule has 1 fully saturated rings. The van der Waals surface area contributed by atoms with Crippen molar-refractivity contribution in [3.8, 4) is 0 Å². The summed E-state index contributed by atoms with van der Waals surface area (Å²) in [6, 6.07) is 13.7. The lowest BCUT2D eigenvalue weighted by atomic mass is 10.2. The van der Waals surface area contributed by atoms with E-state index in [4.69, 9.17) is 16.3 Å². The number of anilines is 1. The van der Waals surface area contributed by atoms with E-state index in [9.17, 15) is 18.0 Å². The van der Waals surface area contributed by atoms with Crippen LogP contribution in [0, 0.1) is 0 Å². The molecular weight excluding hydrogens is 454 g/mol. The zero-order valence-electron chi connectivity index (χ0n) is 17.8. The topological polar surface area (TPSA) is 96.0 Å². The number of amides is 1. The second kappa shape index (κ2) is 10.9. The molecule has 2 aromatic carbocycles. The van der Waals surface area contributed by atoms with Gasteiger partial charge in [-0.25, -0.2) is 8.42 Å². The van der Waals surface area contributed by atoms with E-state index >= 15 is 0 Å². The fourth-order valence-corrected chi connectivity index (χ4v) is 5.20. The summed E-state index contributed by atoms with van der Waals surface area (Å²) in [4.78, 5) is 25.4. The highest BCUT2D eigenvalue weighted by Crippen LogP contribution is 2.27. The van der Waals surface area contributed by atoms with Crippen molar-refractivity contribution in [1.82, 2.24) is 9.21 Å². The average Bonchev–Trinajstić information content (AvgIpc) is 3.00. The SMILES string of the molecule is CC(=O)Nc1ccc(S(=O)(=O)N2CCCN(CC(=O)OCc3ccccc3)CC2)cc1Cl. The van der Waals surface area contributed by atoms with Crippen molar-refractivity contribution in [3.63, 3.8) is 0 Å². The number of sulfonamides is 1. The highest BCUT2D eigenvalue weighted by Gasteiger charge is 2.28. The van der Waals surface area contributed by atoms with Crippen LogP contribution in [0.25, 0.3) is 0 Å². The maximum Gasteiger partial charge on any atom is 0.320 e. The summed E-state index contributed by atoms with van der Waals surface area (Å²) in [7, 11) is -3.76. The Balaban J connectivity index is 1.57. The minimum absolute atomic E-state index is 0.0623. The molecule has 0 unspecified atom stereocenters. The van der Waals surface area contributed by atoms with Gasteiger partial charge < -0.3 is 10.1 Å². The van der Waals surface area contributed by atoms with E-state index in [2.05, 4.69) is 5.32 Å². The van der Waals surface area contributed by atoms with E-state index in [1.807, 2.05) is 35.2 Å². The summed E-state index contributed by atoms with van der Waals surface area (Å²) in [5.41, 5.74) is 1.27. The lowest BCUT2D eigenvalue weighted by molar-refractivity contribution is -0.146. The molecule has 2 aromatic rings. The molecule has 8 nitrogen and oxygen atoms in total. The molecule has 0 spiro atoms. The van der Waals surface area contributed by atoms with Crippen molar-refractivity contribution in [2.45, 2.75) is 24.8 Å². The number of ether oxygens (including phenoxy) is 1. The zero-order chi connectivity index (χ0) is 23.1. The van der Waals surface area contributed by atoms with Crippen molar-refractivity contribution in [2.24, 2.45) is 0 Å². The van der Waals surface area contributed by atoms with E-state index in [0.717, 1.165) is 5.56 Å². The van der Waals surface area contributed by atoms with Crippen LogP contribution in [0.4, 0.5) is 5.69 Å². The van der Waals surface area contributed by atoms with E-state index in [1.54, 1.807) is 0 Å². The Kier molecular flexibility index (Phi) is 8.25. The first-order valence-electron chi connectivity index (χ1n) is 10.2. The summed E-state index contributed by atoms with van der Waals surface area (Å²) in [5.74, 6) is -0.636. The molecule has 0 radical (unpaired) electrons. The van der Waals surface area contributed by atoms with Crippen LogP contribution < -0.4 is 5.32 Å². The Bertz CT molecular complexity index is 1060. The third-order valence-corrected chi connectivity index (χ3v) is 7.24. The van der Waals surface area contributed by atoms with Gasteiger partial charge in [-0.2, -0.15) is 4.31 Å². The zero-order valence-corrected chi connectivity index (χ0v) is 19.4. The van der Waals surface area contributed by atoms with Gasteiger partial charge in [0.2, 0.25) is 15.9 Å². The molecule has 1 aliphatic heterocycles. The third kappa shape index (κ3) is 6.52. The lowest BCUT2D eigenvalue weighted by Gasteiger charge is -2.21. The van der Waals surface area contributed by atoms with Crippen molar-refractivity contribution < 1.29 is 22.7 Å². The maximum atomic E-state index is 13.1. The van der Waals surface area contributed by atoms with Crippen LogP contribution in [-0.4, -0.2) is 62.2 Å². The molecule has 0 atom stereocenters. The first-order chi connectivity index (χ1) is 15.3. The molecule has 0 bridgehead atoms. The minimum Gasteiger partial charge on any atom is -0.460 e. The number of nitrogens with zero attached hydrogens (tertiary/aromatic N) is 2. The fraction of sp³-hybridized carbons (Fsp3) is 0.364. The highest BCUT2D eigenvalue weighted by atomic mass is 35.5. The maximum absolute atomic E-state index is 13.1. The normalized spacial score (nSPS) is 15.7. The van der Waals surface area contributed by atoms with Gasteiger partial charge >= 0.3 is 5.97 Å². The number of hydrogen-bond donors (Lipinski definition) is 1. The van der Waals surface area contributed by atoms with Crippen LogP contribution in [0.1, 0.15) is 18.9 Å². The predicted molar refractivity (Wildman–Crippen MR) is 122 cm³/mol. The summed E-state index contributed by atoms with van der Waals surface area (Å²) in [6.07, 6.45) is 0.586. The Morgan fingerprint density at radius 3 is 2.50 bits per heavy atom. The molecular formula is C22H26ClN3O5S. The number of esters is 1. The lowest BCUT2D eigenvalue weighted by Crippen LogP contribution is -2.37. The number of carbonyl (C=O) groups is 2. The molecule has 172 valence electrons. The highest BCUT2D eigenvalue weighted by molar-refractivity contribution is 7.89. The Hall–Kier alpha value is -2.46. The molecule has 1 amide bonds. The number of carbonyl (C=O) groups excluding carboxylic acids is 2. The molecule has 32 heavy (non-hydrogen) atoms. The first kappa shape index (κ1) is 24.2. The fourth-order valence-electron chi connectivity index (χ4n) is 3.41. The molecule has 0 aromatic heterocycles. The van der Waals surface area contributed by atoms with Gasteiger partial charge in [0.15, 0.2) is 0 Å². The molecule has 1 heterocycles. The van der Waals surface area contributed by atoms with Crippen LogP contribution in [0.2, 0.25) is 5.02 Å². The van der Waals surface area contributed by atoms with E-state index < -0.39 is 10.0 Å². The van der Waals surface area contributed by atoms with Crippen LogP contribution in [0.15, 0.2) is 53.4 Å². The van der Waals surface area contributed by atoms with Gasteiger partial charge in [-0.3, -0.25) is 14.5 Å². The minimum atomic E-state index is -3.76. The second-order valence-electron chi connectivity index (χ2n) is 7.50. The third-order valence-electron chi connectivity index (χ3n) is 5.03. The van der Waals surface area contributed by atoms with Gasteiger partial charge in [-0.1, -0.05) is 41.9 Å². The number of hydrogen-bond acceptors (Lipinski definition) is 6. The number of halogens is 1. The monoisotopic (exact) mass is 479 g/mol. The summed E-state index contributed by atoms with van der Waals surface area (Å²) < 4.78 is 32.9. The molecule has 10 heteroatoms. The number of rotatable bonds is 7. The standard InChI is InChI=1S/C22H26ClN3O5S/c1-17(27)24-21-9-8-19(14-20(21)23)32(29,30)26-11-5-10-25(12-13-26)15-22(28)31-16-18-6-3-2-4-7-18/h2-4,6-9,14H,5,10-13,15-16H2,1H3,(H,24,27). The molecule has 0 saturated carbocycles.